The minimum atomic E-state index is -0.672. The van der Waals surface area contributed by atoms with E-state index in [0.717, 1.165) is 0 Å². The topological polar surface area (TPSA) is 78.7 Å². The first-order chi connectivity index (χ1) is 8.19. The smallest absolute Gasteiger partial charge is 0.376 e. The van der Waals surface area contributed by atoms with Crippen LogP contribution in [0.5, 0.6) is 0 Å². The van der Waals surface area contributed by atoms with Gasteiger partial charge in [0.2, 0.25) is 0 Å². The Morgan fingerprint density at radius 1 is 1.71 bits per heavy atom. The van der Waals surface area contributed by atoms with Crippen LogP contribution in [-0.4, -0.2) is 39.9 Å². The Morgan fingerprint density at radius 2 is 2.47 bits per heavy atom. The van der Waals surface area contributed by atoms with Crippen LogP contribution in [0.2, 0.25) is 6.82 Å². The highest BCUT2D eigenvalue weighted by molar-refractivity contribution is 6.45. The van der Waals surface area contributed by atoms with E-state index in [2.05, 4.69) is 21.7 Å². The third kappa shape index (κ3) is 4.05. The highest BCUT2D eigenvalue weighted by Crippen LogP contribution is 2.15. The molecule has 0 amide bonds. The molecule has 0 aromatic carbocycles. The summed E-state index contributed by atoms with van der Waals surface area (Å²) in [4.78, 5) is 20.4. The lowest BCUT2D eigenvalue weighted by Crippen LogP contribution is -2.39. The van der Waals surface area contributed by atoms with Crippen LogP contribution >= 0.6 is 0 Å². The van der Waals surface area contributed by atoms with Crippen LogP contribution < -0.4 is 0 Å². The Morgan fingerprint density at radius 3 is 2.94 bits per heavy atom. The number of hydrogen-bond donors (Lipinski definition) is 1. The summed E-state index contributed by atoms with van der Waals surface area (Å²) in [6.07, 6.45) is 6.20. The van der Waals surface area contributed by atoms with Crippen molar-refractivity contribution in [3.05, 3.63) is 41.8 Å². The molecule has 1 aromatic rings. The second-order valence-corrected chi connectivity index (χ2v) is 3.63. The number of nitrogens with zero attached hydrogens (tertiary/aromatic N) is 4. The van der Waals surface area contributed by atoms with E-state index < -0.39 is 13.1 Å². The van der Waals surface area contributed by atoms with Gasteiger partial charge < -0.3 is 9.83 Å². The quantitative estimate of drug-likeness (QED) is 0.430. The summed E-state index contributed by atoms with van der Waals surface area (Å²) >= 11 is 0. The van der Waals surface area contributed by atoms with Crippen molar-refractivity contribution in [2.24, 2.45) is 5.18 Å². The molecule has 0 aliphatic rings. The van der Waals surface area contributed by atoms with Crippen molar-refractivity contribution in [2.75, 3.05) is 13.1 Å². The normalized spacial score (nSPS) is 12.2. The Kier molecular flexibility index (Phi) is 5.45. The molecule has 0 aliphatic heterocycles. The van der Waals surface area contributed by atoms with Crippen LogP contribution in [0.15, 0.2) is 36.4 Å². The van der Waals surface area contributed by atoms with Crippen LogP contribution in [-0.2, 0) is 0 Å². The van der Waals surface area contributed by atoms with E-state index in [9.17, 15) is 9.93 Å². The molecule has 0 saturated heterocycles. The molecule has 0 fully saturated rings. The second kappa shape index (κ2) is 6.87. The molecule has 1 atom stereocenters. The van der Waals surface area contributed by atoms with E-state index in [4.69, 9.17) is 0 Å². The molecule has 1 unspecified atom stereocenters. The van der Waals surface area contributed by atoms with Crippen LogP contribution in [0, 0.1) is 4.91 Å². The molecule has 0 saturated carbocycles. The van der Waals surface area contributed by atoms with E-state index in [1.807, 2.05) is 0 Å². The van der Waals surface area contributed by atoms with E-state index >= 15 is 0 Å². The first-order valence-electron chi connectivity index (χ1n) is 5.30. The third-order valence-electron chi connectivity index (χ3n) is 2.35. The fourth-order valence-corrected chi connectivity index (χ4v) is 1.43. The molecule has 17 heavy (non-hydrogen) atoms. The maximum absolute atomic E-state index is 10.8. The maximum atomic E-state index is 10.8. The molecular formula is C10H15BN4O2. The van der Waals surface area contributed by atoms with Gasteiger partial charge in [0.25, 0.3) is 0 Å². The lowest BCUT2D eigenvalue weighted by molar-refractivity contribution is 0.368. The van der Waals surface area contributed by atoms with E-state index in [-0.39, 0.29) is 6.54 Å². The minimum absolute atomic E-state index is 0.284. The van der Waals surface area contributed by atoms with Crippen molar-refractivity contribution in [1.82, 2.24) is 14.8 Å². The number of aromatic nitrogens is 2. The fourth-order valence-electron chi connectivity index (χ4n) is 1.43. The number of hydrogen-bond acceptors (Lipinski definition) is 6. The lowest BCUT2D eigenvalue weighted by Gasteiger charge is -2.23. The largest absolute Gasteiger partial charge is 0.437 e. The Labute approximate surface area is 100 Å². The average Bonchev–Trinajstić information content (AvgIpc) is 2.35. The highest BCUT2D eigenvalue weighted by Gasteiger charge is 2.22. The summed E-state index contributed by atoms with van der Waals surface area (Å²) in [5.74, 6) is 0. The molecule has 1 N–H and O–H groups in total. The van der Waals surface area contributed by atoms with Crippen molar-refractivity contribution in [3.8, 4) is 0 Å². The van der Waals surface area contributed by atoms with E-state index in [1.54, 1.807) is 17.7 Å². The Balaban J connectivity index is 2.75. The number of rotatable bonds is 7. The van der Waals surface area contributed by atoms with Gasteiger partial charge in [0.05, 0.1) is 11.9 Å². The summed E-state index contributed by atoms with van der Waals surface area (Å²) in [6, 6.07) is -0.641. The fraction of sp³-hybridized carbons (Fsp3) is 0.400. The summed E-state index contributed by atoms with van der Waals surface area (Å²) in [6.45, 7) is 5.99. The zero-order valence-electron chi connectivity index (χ0n) is 9.73. The van der Waals surface area contributed by atoms with Gasteiger partial charge in [0.1, 0.15) is 6.04 Å². The van der Waals surface area contributed by atoms with Gasteiger partial charge in [-0.2, -0.15) is 4.91 Å². The predicted molar refractivity (Wildman–Crippen MR) is 66.2 cm³/mol. The first-order valence-corrected chi connectivity index (χ1v) is 5.30. The summed E-state index contributed by atoms with van der Waals surface area (Å²) in [7, 11) is -0.672. The Bertz CT molecular complexity index is 361. The van der Waals surface area contributed by atoms with Gasteiger partial charge in [-0.3, -0.25) is 9.97 Å². The second-order valence-electron chi connectivity index (χ2n) is 3.63. The van der Waals surface area contributed by atoms with Gasteiger partial charge in [-0.05, 0) is 6.82 Å². The van der Waals surface area contributed by atoms with Gasteiger partial charge in [0.15, 0.2) is 0 Å². The van der Waals surface area contributed by atoms with Crippen molar-refractivity contribution < 1.29 is 5.02 Å². The van der Waals surface area contributed by atoms with Crippen LogP contribution in [0.25, 0.3) is 0 Å². The zero-order valence-corrected chi connectivity index (χ0v) is 9.73. The Hall–Kier alpha value is -1.60. The average molecular weight is 234 g/mol. The van der Waals surface area contributed by atoms with Gasteiger partial charge in [-0.1, -0.05) is 11.3 Å². The summed E-state index contributed by atoms with van der Waals surface area (Å²) in [5.41, 5.74) is 0.497. The minimum Gasteiger partial charge on any atom is -0.437 e. The maximum Gasteiger partial charge on any atom is 0.376 e. The van der Waals surface area contributed by atoms with Gasteiger partial charge in [-0.15, -0.1) is 6.58 Å². The van der Waals surface area contributed by atoms with Crippen LogP contribution in [0.4, 0.5) is 0 Å². The molecular weight excluding hydrogens is 219 g/mol. The lowest BCUT2D eigenvalue weighted by atomic mass is 9.84. The van der Waals surface area contributed by atoms with Crippen LogP contribution in [0.3, 0.4) is 0 Å². The molecule has 1 aromatic heterocycles. The first kappa shape index (κ1) is 13.5. The highest BCUT2D eigenvalue weighted by atomic mass is 16.3. The summed E-state index contributed by atoms with van der Waals surface area (Å²) < 4.78 is 0. The van der Waals surface area contributed by atoms with Gasteiger partial charge in [0, 0.05) is 25.5 Å². The third-order valence-corrected chi connectivity index (χ3v) is 2.35. The number of nitroso groups, excluding NO2 is 1. The van der Waals surface area contributed by atoms with Crippen LogP contribution in [0.1, 0.15) is 11.7 Å². The molecule has 0 bridgehead atoms. The van der Waals surface area contributed by atoms with E-state index in [1.165, 1.54) is 18.6 Å². The monoisotopic (exact) mass is 234 g/mol. The standard InChI is InChI=1S/C10H15BN4O2/c1-3-6-15(11(2)16)8-10(14-17)9-7-12-4-5-13-9/h3-5,7,10,16H,1,6,8H2,2H3. The molecule has 0 aliphatic carbocycles. The SMILES string of the molecule is C=CCN(CC(N=O)c1cnccn1)B(C)O. The van der Waals surface area contributed by atoms with E-state index in [0.29, 0.717) is 12.2 Å². The molecule has 0 radical (unpaired) electrons. The molecule has 7 heteroatoms. The molecule has 1 heterocycles. The molecule has 90 valence electrons. The van der Waals surface area contributed by atoms with Gasteiger partial charge >= 0.3 is 7.05 Å². The van der Waals surface area contributed by atoms with Crippen molar-refractivity contribution in [2.45, 2.75) is 12.9 Å². The zero-order chi connectivity index (χ0) is 12.7. The van der Waals surface area contributed by atoms with Crippen molar-refractivity contribution >= 4 is 7.05 Å². The van der Waals surface area contributed by atoms with Crippen molar-refractivity contribution in [3.63, 3.8) is 0 Å². The molecule has 1 rings (SSSR count). The molecule has 0 spiro atoms. The molecule has 6 nitrogen and oxygen atoms in total. The summed E-state index contributed by atoms with van der Waals surface area (Å²) in [5, 5.41) is 12.6. The van der Waals surface area contributed by atoms with Crippen molar-refractivity contribution in [1.29, 1.82) is 0 Å². The predicted octanol–water partition coefficient (Wildman–Crippen LogP) is 0.882. The van der Waals surface area contributed by atoms with Gasteiger partial charge in [-0.25, -0.2) is 0 Å².